The molecule has 1 atom stereocenters. The molecule has 0 radical (unpaired) electrons. The van der Waals surface area contributed by atoms with Gasteiger partial charge in [0.25, 0.3) is 0 Å². The molecule has 5 heteroatoms. The van der Waals surface area contributed by atoms with Crippen LogP contribution in [0.2, 0.25) is 0 Å². The lowest BCUT2D eigenvalue weighted by molar-refractivity contribution is 0.299. The van der Waals surface area contributed by atoms with Crippen LogP contribution in [0.4, 0.5) is 0 Å². The second kappa shape index (κ2) is 6.16. The largest absolute Gasteiger partial charge is 0.491 e. The normalized spacial score (nSPS) is 16.8. The fourth-order valence-electron chi connectivity index (χ4n) is 2.28. The van der Waals surface area contributed by atoms with Crippen molar-refractivity contribution in [1.82, 2.24) is 5.32 Å². The standard InChI is InChI=1S/C15H16BrNO2S/c1-2-17-13-9-19-14-7-10(3-5-12(13)14)18-8-11-4-6-15(16)20-11/h3-7,13,17H,2,8-9H2,1H3. The Morgan fingerprint density at radius 1 is 1.40 bits per heavy atom. The lowest BCUT2D eigenvalue weighted by Gasteiger charge is -2.09. The maximum Gasteiger partial charge on any atom is 0.128 e. The molecule has 2 heterocycles. The van der Waals surface area contributed by atoms with Crippen molar-refractivity contribution in [2.75, 3.05) is 13.2 Å². The van der Waals surface area contributed by atoms with Crippen molar-refractivity contribution in [3.63, 3.8) is 0 Å². The minimum absolute atomic E-state index is 0.303. The van der Waals surface area contributed by atoms with Gasteiger partial charge in [0.15, 0.2) is 0 Å². The summed E-state index contributed by atoms with van der Waals surface area (Å²) in [5.74, 6) is 1.78. The number of hydrogen-bond acceptors (Lipinski definition) is 4. The maximum atomic E-state index is 5.82. The molecule has 2 aromatic rings. The lowest BCUT2D eigenvalue weighted by Crippen LogP contribution is -2.21. The van der Waals surface area contributed by atoms with Crippen LogP contribution in [0.25, 0.3) is 0 Å². The lowest BCUT2D eigenvalue weighted by atomic mass is 10.1. The first-order chi connectivity index (χ1) is 9.76. The highest BCUT2D eigenvalue weighted by atomic mass is 79.9. The van der Waals surface area contributed by atoms with Crippen LogP contribution in [0.15, 0.2) is 34.1 Å². The number of fused-ring (bicyclic) bond motifs is 1. The maximum absolute atomic E-state index is 5.82. The Balaban J connectivity index is 1.67. The molecule has 1 aliphatic rings. The Morgan fingerprint density at radius 3 is 3.05 bits per heavy atom. The van der Waals surface area contributed by atoms with Gasteiger partial charge in [-0.3, -0.25) is 0 Å². The van der Waals surface area contributed by atoms with E-state index in [1.165, 1.54) is 10.4 Å². The molecule has 1 aromatic carbocycles. The van der Waals surface area contributed by atoms with Crippen LogP contribution in [0.3, 0.4) is 0 Å². The highest BCUT2D eigenvalue weighted by Gasteiger charge is 2.23. The van der Waals surface area contributed by atoms with E-state index in [4.69, 9.17) is 9.47 Å². The fourth-order valence-corrected chi connectivity index (χ4v) is 3.68. The highest BCUT2D eigenvalue weighted by molar-refractivity contribution is 9.11. The SMILES string of the molecule is CCNC1COc2cc(OCc3ccc(Br)s3)ccc21. The van der Waals surface area contributed by atoms with E-state index in [1.54, 1.807) is 11.3 Å². The Bertz CT molecular complexity index is 599. The molecule has 0 spiro atoms. The van der Waals surface area contributed by atoms with Crippen molar-refractivity contribution in [2.45, 2.75) is 19.6 Å². The quantitative estimate of drug-likeness (QED) is 0.876. The molecular formula is C15H16BrNO2S. The van der Waals surface area contributed by atoms with E-state index in [-0.39, 0.29) is 0 Å². The monoisotopic (exact) mass is 353 g/mol. The third-order valence-electron chi connectivity index (χ3n) is 3.23. The number of hydrogen-bond donors (Lipinski definition) is 1. The van der Waals surface area contributed by atoms with Gasteiger partial charge < -0.3 is 14.8 Å². The summed E-state index contributed by atoms with van der Waals surface area (Å²) in [6.45, 7) is 4.34. The number of likely N-dealkylation sites (N-methyl/N-ethyl adjacent to an activating group) is 1. The van der Waals surface area contributed by atoms with Crippen LogP contribution < -0.4 is 14.8 Å². The second-order valence-corrected chi connectivity index (χ2v) is 7.16. The van der Waals surface area contributed by atoms with Crippen molar-refractivity contribution < 1.29 is 9.47 Å². The summed E-state index contributed by atoms with van der Waals surface area (Å²) in [6.07, 6.45) is 0. The molecule has 0 saturated heterocycles. The van der Waals surface area contributed by atoms with E-state index in [2.05, 4.69) is 40.3 Å². The van der Waals surface area contributed by atoms with Crippen molar-refractivity contribution in [3.8, 4) is 11.5 Å². The first-order valence-corrected chi connectivity index (χ1v) is 8.24. The number of nitrogens with one attached hydrogen (secondary N) is 1. The van der Waals surface area contributed by atoms with Gasteiger partial charge >= 0.3 is 0 Å². The Morgan fingerprint density at radius 2 is 2.30 bits per heavy atom. The van der Waals surface area contributed by atoms with Crippen LogP contribution in [0, 0.1) is 0 Å². The molecule has 3 rings (SSSR count). The molecule has 1 aliphatic heterocycles. The molecule has 3 nitrogen and oxygen atoms in total. The second-order valence-electron chi connectivity index (χ2n) is 4.62. The van der Waals surface area contributed by atoms with Crippen LogP contribution in [0.1, 0.15) is 23.4 Å². The van der Waals surface area contributed by atoms with Gasteiger partial charge in [-0.15, -0.1) is 11.3 Å². The molecule has 1 aromatic heterocycles. The average Bonchev–Trinajstić information content (AvgIpc) is 3.04. The van der Waals surface area contributed by atoms with Crippen molar-refractivity contribution in [3.05, 3.63) is 44.6 Å². The van der Waals surface area contributed by atoms with Gasteiger partial charge in [0, 0.05) is 16.5 Å². The zero-order valence-electron chi connectivity index (χ0n) is 11.2. The predicted molar refractivity (Wildman–Crippen MR) is 84.7 cm³/mol. The van der Waals surface area contributed by atoms with Crippen LogP contribution in [0.5, 0.6) is 11.5 Å². The number of rotatable bonds is 5. The summed E-state index contributed by atoms with van der Waals surface area (Å²) in [7, 11) is 0. The number of halogens is 1. The molecule has 20 heavy (non-hydrogen) atoms. The topological polar surface area (TPSA) is 30.5 Å². The predicted octanol–water partition coefficient (Wildman–Crippen LogP) is 4.13. The van der Waals surface area contributed by atoms with Crippen LogP contribution in [-0.4, -0.2) is 13.2 Å². The summed E-state index contributed by atoms with van der Waals surface area (Å²) in [6, 6.07) is 10.5. The Kier molecular flexibility index (Phi) is 4.29. The molecule has 0 fully saturated rings. The van der Waals surface area contributed by atoms with E-state index in [0.29, 0.717) is 19.3 Å². The summed E-state index contributed by atoms with van der Waals surface area (Å²) in [5.41, 5.74) is 1.22. The Labute approximate surface area is 131 Å². The molecular weight excluding hydrogens is 338 g/mol. The molecule has 1 N–H and O–H groups in total. The number of thiophene rings is 1. The highest BCUT2D eigenvalue weighted by Crippen LogP contribution is 2.35. The summed E-state index contributed by atoms with van der Waals surface area (Å²) >= 11 is 5.15. The van der Waals surface area contributed by atoms with Crippen molar-refractivity contribution in [1.29, 1.82) is 0 Å². The molecule has 1 unspecified atom stereocenters. The molecule has 0 amide bonds. The van der Waals surface area contributed by atoms with Gasteiger partial charge in [0.05, 0.1) is 9.83 Å². The van der Waals surface area contributed by atoms with E-state index in [9.17, 15) is 0 Å². The average molecular weight is 354 g/mol. The first kappa shape index (κ1) is 13.9. The van der Waals surface area contributed by atoms with Crippen molar-refractivity contribution in [2.24, 2.45) is 0 Å². The summed E-state index contributed by atoms with van der Waals surface area (Å²) in [4.78, 5) is 1.20. The van der Waals surface area contributed by atoms with Gasteiger partial charge in [-0.05, 0) is 46.7 Å². The number of benzene rings is 1. The summed E-state index contributed by atoms with van der Waals surface area (Å²) < 4.78 is 12.7. The van der Waals surface area contributed by atoms with Crippen LogP contribution in [-0.2, 0) is 6.61 Å². The Hall–Kier alpha value is -1.04. The first-order valence-electron chi connectivity index (χ1n) is 6.63. The molecule has 0 saturated carbocycles. The third kappa shape index (κ3) is 3.00. The van der Waals surface area contributed by atoms with E-state index in [1.807, 2.05) is 18.2 Å². The van der Waals surface area contributed by atoms with Gasteiger partial charge in [-0.2, -0.15) is 0 Å². The fraction of sp³-hybridized carbons (Fsp3) is 0.333. The molecule has 0 bridgehead atoms. The minimum atomic E-state index is 0.303. The number of ether oxygens (including phenoxy) is 2. The van der Waals surface area contributed by atoms with E-state index in [0.717, 1.165) is 21.8 Å². The van der Waals surface area contributed by atoms with Gasteiger partial charge in [0.1, 0.15) is 24.7 Å². The van der Waals surface area contributed by atoms with E-state index < -0.39 is 0 Å². The van der Waals surface area contributed by atoms with Gasteiger partial charge in [-0.25, -0.2) is 0 Å². The third-order valence-corrected chi connectivity index (χ3v) is 4.82. The zero-order chi connectivity index (χ0) is 13.9. The van der Waals surface area contributed by atoms with Crippen molar-refractivity contribution >= 4 is 27.3 Å². The smallest absolute Gasteiger partial charge is 0.128 e. The molecule has 106 valence electrons. The zero-order valence-corrected chi connectivity index (χ0v) is 13.6. The van der Waals surface area contributed by atoms with E-state index >= 15 is 0 Å². The van der Waals surface area contributed by atoms with Gasteiger partial charge in [0.2, 0.25) is 0 Å². The minimum Gasteiger partial charge on any atom is -0.491 e. The van der Waals surface area contributed by atoms with Crippen LogP contribution >= 0.6 is 27.3 Å². The molecule has 0 aliphatic carbocycles. The van der Waals surface area contributed by atoms with Gasteiger partial charge in [-0.1, -0.05) is 6.92 Å². The summed E-state index contributed by atoms with van der Waals surface area (Å²) in [5, 5.41) is 3.41.